The van der Waals surface area contributed by atoms with E-state index in [1.807, 2.05) is 4.98 Å². The number of aliphatic hydroxyl groups is 1. The molecule has 182 valence electrons. The molecule has 0 saturated carbocycles. The van der Waals surface area contributed by atoms with Crippen LogP contribution >= 0.6 is 23.5 Å². The molecule has 2 heterocycles. The van der Waals surface area contributed by atoms with Crippen LogP contribution in [0.5, 0.6) is 0 Å². The summed E-state index contributed by atoms with van der Waals surface area (Å²) in [5, 5.41) is 12.8. The molecule has 0 amide bonds. The van der Waals surface area contributed by atoms with Crippen LogP contribution in [0.4, 0.5) is 5.69 Å². The van der Waals surface area contributed by atoms with Gasteiger partial charge in [0.2, 0.25) is 0 Å². The average molecular weight is 523 g/mol. The predicted molar refractivity (Wildman–Crippen MR) is 104 cm³/mol. The highest BCUT2D eigenvalue weighted by Gasteiger charge is 2.43. The highest BCUT2D eigenvalue weighted by molar-refractivity contribution is 7.66. The normalized spacial score (nSPS) is 25.1. The van der Waals surface area contributed by atoms with Crippen molar-refractivity contribution in [2.45, 2.75) is 24.9 Å². The van der Waals surface area contributed by atoms with Gasteiger partial charge in [0.15, 0.2) is 0 Å². The second-order valence-electron chi connectivity index (χ2n) is 6.20. The molecule has 1 aromatic rings. The first-order valence-electron chi connectivity index (χ1n) is 8.44. The summed E-state index contributed by atoms with van der Waals surface area (Å²) in [6.07, 6.45) is -1.44. The molecule has 0 aromatic carbocycles. The molecule has 1 aliphatic heterocycles. The number of nitrogens with one attached hydrogen (secondary N) is 2. The molecule has 1 aliphatic rings. The predicted octanol–water partition coefficient (Wildman–Crippen LogP) is -0.874. The van der Waals surface area contributed by atoms with E-state index in [-0.39, 0.29) is 18.7 Å². The zero-order valence-electron chi connectivity index (χ0n) is 15.9. The van der Waals surface area contributed by atoms with Crippen molar-refractivity contribution in [1.29, 1.82) is 0 Å². The van der Waals surface area contributed by atoms with E-state index in [0.29, 0.717) is 0 Å². The maximum Gasteiger partial charge on any atom is 0.490 e. The molecular formula is C12H20N3O14P3. The quantitative estimate of drug-likeness (QED) is 0.137. The third-order valence-electron chi connectivity index (χ3n) is 3.74. The first-order chi connectivity index (χ1) is 14.6. The van der Waals surface area contributed by atoms with Gasteiger partial charge in [-0.3, -0.25) is 18.9 Å². The Kier molecular flexibility index (Phi) is 8.56. The number of phosphoric acid groups is 3. The average Bonchev–Trinajstić information content (AvgIpc) is 2.97. The van der Waals surface area contributed by atoms with Crippen LogP contribution in [0.25, 0.3) is 0 Å². The number of nitrogens with zero attached hydrogens (tertiary/aromatic N) is 1. The highest BCUT2D eigenvalue weighted by Crippen LogP contribution is 2.66. The zero-order chi connectivity index (χ0) is 24.3. The maximum atomic E-state index is 12.1. The number of aliphatic hydroxyl groups excluding tert-OH is 1. The monoisotopic (exact) mass is 523 g/mol. The van der Waals surface area contributed by atoms with Gasteiger partial charge in [-0.25, -0.2) is 18.5 Å². The molecule has 0 spiro atoms. The van der Waals surface area contributed by atoms with E-state index in [0.717, 1.165) is 10.8 Å². The second kappa shape index (κ2) is 10.2. The van der Waals surface area contributed by atoms with Crippen LogP contribution in [-0.2, 0) is 31.6 Å². The lowest BCUT2D eigenvalue weighted by molar-refractivity contribution is -0.0449. The van der Waals surface area contributed by atoms with Crippen LogP contribution in [-0.4, -0.2) is 59.6 Å². The number of ether oxygens (including phenoxy) is 1. The van der Waals surface area contributed by atoms with E-state index in [1.54, 1.807) is 0 Å². The molecular weight excluding hydrogens is 503 g/mol. The number of aromatic nitrogens is 2. The van der Waals surface area contributed by atoms with E-state index in [9.17, 15) is 33.3 Å². The van der Waals surface area contributed by atoms with Crippen LogP contribution in [0.3, 0.4) is 0 Å². The number of anilines is 1. The Morgan fingerprint density at radius 3 is 2.47 bits per heavy atom. The first kappa shape index (κ1) is 26.8. The summed E-state index contributed by atoms with van der Waals surface area (Å²) in [4.78, 5) is 61.5. The largest absolute Gasteiger partial charge is 0.490 e. The van der Waals surface area contributed by atoms with Gasteiger partial charge in [-0.15, -0.1) is 6.58 Å². The molecule has 0 aliphatic carbocycles. The standard InChI is InChI=1S/C12H20N3O14P3/c1-2-3-13-7-5-15(12(18)14-11(7)17)10-4-8(16)9(27-10)6-26-31(22,23)29-32(24,25)28-30(19,20)21/h2,5,8-10,13,16H,1,3-4,6H2,(H,22,23)(H,24,25)(H,14,17,18)(H2,19,20,21)/t8-,9+,10+/m0/s1. The molecule has 5 atom stereocenters. The number of rotatable bonds is 11. The second-order valence-corrected chi connectivity index (χ2v) is 10.6. The summed E-state index contributed by atoms with van der Waals surface area (Å²) in [7, 11) is -16.7. The molecule has 1 saturated heterocycles. The van der Waals surface area contributed by atoms with Gasteiger partial charge in [-0.05, 0) is 0 Å². The van der Waals surface area contributed by atoms with Gasteiger partial charge < -0.3 is 34.7 Å². The van der Waals surface area contributed by atoms with Gasteiger partial charge in [-0.1, -0.05) is 6.08 Å². The summed E-state index contributed by atoms with van der Waals surface area (Å²) in [5.74, 6) is 0. The van der Waals surface area contributed by atoms with Crippen LogP contribution in [0.2, 0.25) is 0 Å². The molecule has 2 unspecified atom stereocenters. The Hall–Kier alpha value is -1.45. The fraction of sp³-hybridized carbons (Fsp3) is 0.500. The fourth-order valence-corrected chi connectivity index (χ4v) is 5.54. The number of aromatic amines is 1. The molecule has 0 radical (unpaired) electrons. The molecule has 20 heteroatoms. The van der Waals surface area contributed by atoms with Gasteiger partial charge >= 0.3 is 29.2 Å². The topological polar surface area (TPSA) is 256 Å². The third-order valence-corrected chi connectivity index (χ3v) is 7.54. The number of phosphoric ester groups is 1. The molecule has 1 aromatic heterocycles. The van der Waals surface area contributed by atoms with Crippen molar-refractivity contribution in [1.82, 2.24) is 9.55 Å². The van der Waals surface area contributed by atoms with Crippen LogP contribution < -0.4 is 16.6 Å². The van der Waals surface area contributed by atoms with Crippen molar-refractivity contribution < 1.29 is 56.3 Å². The number of H-pyrrole nitrogens is 1. The first-order valence-corrected chi connectivity index (χ1v) is 13.0. The summed E-state index contributed by atoms with van der Waals surface area (Å²) < 4.78 is 51.6. The Labute approximate surface area is 178 Å². The van der Waals surface area contributed by atoms with Gasteiger partial charge in [0.1, 0.15) is 18.0 Å². The Balaban J connectivity index is 2.06. The maximum absolute atomic E-state index is 12.1. The van der Waals surface area contributed by atoms with Gasteiger partial charge in [-0.2, -0.15) is 8.62 Å². The molecule has 1 fully saturated rings. The lowest BCUT2D eigenvalue weighted by atomic mass is 10.2. The lowest BCUT2D eigenvalue weighted by Crippen LogP contribution is -2.34. The Morgan fingerprint density at radius 2 is 1.88 bits per heavy atom. The highest BCUT2D eigenvalue weighted by atomic mass is 31.3. The molecule has 0 bridgehead atoms. The van der Waals surface area contributed by atoms with Crippen LogP contribution in [0.15, 0.2) is 28.4 Å². The van der Waals surface area contributed by atoms with E-state index >= 15 is 0 Å². The van der Waals surface area contributed by atoms with Crippen molar-refractivity contribution in [2.75, 3.05) is 18.5 Å². The van der Waals surface area contributed by atoms with Crippen molar-refractivity contribution in [3.05, 3.63) is 39.7 Å². The Bertz CT molecular complexity index is 1090. The summed E-state index contributed by atoms with van der Waals surface area (Å²) in [6, 6.07) is 0. The van der Waals surface area contributed by atoms with Gasteiger partial charge in [0, 0.05) is 19.2 Å². The molecule has 32 heavy (non-hydrogen) atoms. The lowest BCUT2D eigenvalue weighted by Gasteiger charge is -2.19. The van der Waals surface area contributed by atoms with Crippen molar-refractivity contribution >= 4 is 29.2 Å². The van der Waals surface area contributed by atoms with E-state index < -0.39 is 59.8 Å². The molecule has 17 nitrogen and oxygen atoms in total. The fourth-order valence-electron chi connectivity index (χ4n) is 2.51. The van der Waals surface area contributed by atoms with E-state index in [4.69, 9.17) is 19.4 Å². The third kappa shape index (κ3) is 7.85. The summed E-state index contributed by atoms with van der Waals surface area (Å²) >= 11 is 0. The minimum atomic E-state index is -5.70. The minimum Gasteiger partial charge on any atom is -0.390 e. The van der Waals surface area contributed by atoms with E-state index in [2.05, 4.69) is 25.0 Å². The number of hydrogen-bond acceptors (Lipinski definition) is 11. The minimum absolute atomic E-state index is 0.000645. The smallest absolute Gasteiger partial charge is 0.390 e. The zero-order valence-corrected chi connectivity index (χ0v) is 18.6. The Morgan fingerprint density at radius 1 is 1.22 bits per heavy atom. The SMILES string of the molecule is C=CCNc1cn([C@H]2C[C@H](O)[C@@H](COP(=O)(O)OP(=O)(O)OP(=O)(O)O)O2)c(=O)[nH]c1=O. The summed E-state index contributed by atoms with van der Waals surface area (Å²) in [6.45, 7) is 2.78. The van der Waals surface area contributed by atoms with Crippen LogP contribution in [0, 0.1) is 0 Å². The molecule has 7 N–H and O–H groups in total. The molecule has 2 rings (SSSR count). The number of hydrogen-bond donors (Lipinski definition) is 7. The van der Waals surface area contributed by atoms with Gasteiger partial charge in [0.25, 0.3) is 5.56 Å². The van der Waals surface area contributed by atoms with Crippen molar-refractivity contribution in [3.8, 4) is 0 Å². The summed E-state index contributed by atoms with van der Waals surface area (Å²) in [5.41, 5.74) is -1.58. The van der Waals surface area contributed by atoms with Crippen LogP contribution in [0.1, 0.15) is 12.6 Å². The van der Waals surface area contributed by atoms with Crippen molar-refractivity contribution in [3.63, 3.8) is 0 Å². The van der Waals surface area contributed by atoms with E-state index in [1.165, 1.54) is 6.08 Å². The van der Waals surface area contributed by atoms with Gasteiger partial charge in [0.05, 0.1) is 12.7 Å². The van der Waals surface area contributed by atoms with Crippen molar-refractivity contribution in [2.24, 2.45) is 0 Å².